The van der Waals surface area contributed by atoms with Crippen molar-refractivity contribution < 1.29 is 13.2 Å². The molecule has 0 radical (unpaired) electrons. The molecule has 1 N–H and O–H groups in total. The van der Waals surface area contributed by atoms with Gasteiger partial charge in [0.15, 0.2) is 0 Å². The van der Waals surface area contributed by atoms with Crippen LogP contribution in [0.5, 0.6) is 0 Å². The van der Waals surface area contributed by atoms with E-state index in [9.17, 15) is 13.2 Å². The van der Waals surface area contributed by atoms with Crippen molar-refractivity contribution in [1.82, 2.24) is 5.32 Å². The molecule has 0 bridgehead atoms. The summed E-state index contributed by atoms with van der Waals surface area (Å²) in [5.41, 5.74) is 0.329. The maximum atomic E-state index is 13.3. The van der Waals surface area contributed by atoms with Gasteiger partial charge in [0.2, 0.25) is 0 Å². The second-order valence-corrected chi connectivity index (χ2v) is 5.73. The first-order chi connectivity index (χ1) is 9.68. The van der Waals surface area contributed by atoms with Crippen LogP contribution in [0.1, 0.15) is 38.8 Å². The van der Waals surface area contributed by atoms with Gasteiger partial charge in [-0.05, 0) is 37.1 Å². The summed E-state index contributed by atoms with van der Waals surface area (Å²) in [5, 5.41) is 3.05. The third-order valence-electron chi connectivity index (χ3n) is 3.90. The Bertz CT molecular complexity index is 455. The number of hydrogen-bond donors (Lipinski definition) is 1. The Balaban J connectivity index is 3.19. The molecule has 1 aromatic rings. The standard InChI is InChI=1S/C16H25F3N2/c1-6-20-10-13-7-8-15(14(9-13)16(17,18)19)21(5)12(4)11(2)3/h7-9,11-12,20H,6,10H2,1-5H3. The zero-order valence-corrected chi connectivity index (χ0v) is 13.4. The minimum absolute atomic E-state index is 0.0331. The number of alkyl halides is 3. The molecule has 0 saturated carbocycles. The predicted octanol–water partition coefficient (Wildman–Crippen LogP) is 4.30. The molecule has 0 spiro atoms. The lowest BCUT2D eigenvalue weighted by Crippen LogP contribution is -2.34. The van der Waals surface area contributed by atoms with Crippen LogP contribution >= 0.6 is 0 Å². The normalized spacial score (nSPS) is 13.6. The number of halogens is 3. The molecule has 0 fully saturated rings. The number of nitrogens with zero attached hydrogens (tertiary/aromatic N) is 1. The van der Waals surface area contributed by atoms with Crippen molar-refractivity contribution >= 4 is 5.69 Å². The number of rotatable bonds is 6. The zero-order valence-electron chi connectivity index (χ0n) is 13.4. The van der Waals surface area contributed by atoms with Gasteiger partial charge in [0, 0.05) is 25.3 Å². The van der Waals surface area contributed by atoms with Crippen molar-refractivity contribution in [3.63, 3.8) is 0 Å². The van der Waals surface area contributed by atoms with E-state index in [0.717, 1.165) is 6.54 Å². The summed E-state index contributed by atoms with van der Waals surface area (Å²) >= 11 is 0. The predicted molar refractivity (Wildman–Crippen MR) is 81.5 cm³/mol. The van der Waals surface area contributed by atoms with Crippen molar-refractivity contribution in [3.8, 4) is 0 Å². The lowest BCUT2D eigenvalue weighted by molar-refractivity contribution is -0.137. The highest BCUT2D eigenvalue weighted by atomic mass is 19.4. The van der Waals surface area contributed by atoms with Crippen LogP contribution in [-0.4, -0.2) is 19.6 Å². The van der Waals surface area contributed by atoms with Crippen LogP contribution in [0.4, 0.5) is 18.9 Å². The van der Waals surface area contributed by atoms with Crippen LogP contribution < -0.4 is 10.2 Å². The Morgan fingerprint density at radius 1 is 1.19 bits per heavy atom. The van der Waals surface area contributed by atoms with E-state index in [0.29, 0.717) is 12.1 Å². The van der Waals surface area contributed by atoms with E-state index in [4.69, 9.17) is 0 Å². The van der Waals surface area contributed by atoms with Crippen molar-refractivity contribution in [2.45, 2.75) is 46.5 Å². The van der Waals surface area contributed by atoms with Crippen LogP contribution in [0.25, 0.3) is 0 Å². The summed E-state index contributed by atoms with van der Waals surface area (Å²) in [6.45, 7) is 9.06. The highest BCUT2D eigenvalue weighted by molar-refractivity contribution is 5.56. The summed E-state index contributed by atoms with van der Waals surface area (Å²) in [5.74, 6) is 0.275. The molecule has 0 heterocycles. The first-order valence-corrected chi connectivity index (χ1v) is 7.32. The van der Waals surface area contributed by atoms with E-state index < -0.39 is 11.7 Å². The van der Waals surface area contributed by atoms with Gasteiger partial charge in [-0.25, -0.2) is 0 Å². The topological polar surface area (TPSA) is 15.3 Å². The smallest absolute Gasteiger partial charge is 0.371 e. The summed E-state index contributed by atoms with van der Waals surface area (Å²) < 4.78 is 40.0. The third kappa shape index (κ3) is 4.63. The van der Waals surface area contributed by atoms with Crippen LogP contribution in [0.3, 0.4) is 0 Å². The van der Waals surface area contributed by atoms with Crippen LogP contribution in [0.15, 0.2) is 18.2 Å². The number of nitrogens with one attached hydrogen (secondary N) is 1. The molecule has 1 rings (SSSR count). The molecule has 0 aliphatic carbocycles. The average molecular weight is 302 g/mol. The molecular weight excluding hydrogens is 277 g/mol. The summed E-state index contributed by atoms with van der Waals surface area (Å²) in [7, 11) is 1.72. The maximum absolute atomic E-state index is 13.3. The first kappa shape index (κ1) is 17.8. The molecule has 1 atom stereocenters. The Morgan fingerprint density at radius 3 is 2.29 bits per heavy atom. The second-order valence-electron chi connectivity index (χ2n) is 5.73. The fourth-order valence-electron chi connectivity index (χ4n) is 2.16. The molecule has 0 aliphatic heterocycles. The monoisotopic (exact) mass is 302 g/mol. The van der Waals surface area contributed by atoms with Crippen molar-refractivity contribution in [2.75, 3.05) is 18.5 Å². The Morgan fingerprint density at radius 2 is 1.81 bits per heavy atom. The van der Waals surface area contributed by atoms with Crippen LogP contribution in [0, 0.1) is 5.92 Å². The van der Waals surface area contributed by atoms with Crippen molar-refractivity contribution in [2.24, 2.45) is 5.92 Å². The summed E-state index contributed by atoms with van der Waals surface area (Å²) in [6, 6.07) is 4.62. The highest BCUT2D eigenvalue weighted by Crippen LogP contribution is 2.38. The highest BCUT2D eigenvalue weighted by Gasteiger charge is 2.35. The van der Waals surface area contributed by atoms with Gasteiger partial charge in [0.1, 0.15) is 0 Å². The molecule has 5 heteroatoms. The van der Waals surface area contributed by atoms with Crippen LogP contribution in [0.2, 0.25) is 0 Å². The van der Waals surface area contributed by atoms with E-state index >= 15 is 0 Å². The Labute approximate surface area is 125 Å². The third-order valence-corrected chi connectivity index (χ3v) is 3.90. The van der Waals surface area contributed by atoms with E-state index in [1.54, 1.807) is 24.1 Å². The lowest BCUT2D eigenvalue weighted by Gasteiger charge is -2.32. The molecule has 120 valence electrons. The molecule has 0 aromatic heterocycles. The largest absolute Gasteiger partial charge is 0.418 e. The van der Waals surface area contributed by atoms with Gasteiger partial charge >= 0.3 is 6.18 Å². The molecule has 2 nitrogen and oxygen atoms in total. The Hall–Kier alpha value is -1.23. The molecule has 0 aliphatic rings. The first-order valence-electron chi connectivity index (χ1n) is 7.32. The average Bonchev–Trinajstić information content (AvgIpc) is 2.42. The minimum Gasteiger partial charge on any atom is -0.371 e. The van der Waals surface area contributed by atoms with E-state index in [-0.39, 0.29) is 17.6 Å². The fraction of sp³-hybridized carbons (Fsp3) is 0.625. The lowest BCUT2D eigenvalue weighted by atomic mass is 10.0. The SMILES string of the molecule is CCNCc1ccc(N(C)C(C)C(C)C)c(C(F)(F)F)c1. The van der Waals surface area contributed by atoms with Gasteiger partial charge in [-0.15, -0.1) is 0 Å². The van der Waals surface area contributed by atoms with Gasteiger partial charge < -0.3 is 10.2 Å². The van der Waals surface area contributed by atoms with Gasteiger partial charge in [-0.1, -0.05) is 26.8 Å². The fourth-order valence-corrected chi connectivity index (χ4v) is 2.16. The molecule has 0 saturated heterocycles. The van der Waals surface area contributed by atoms with Gasteiger partial charge in [0.25, 0.3) is 0 Å². The number of benzene rings is 1. The van der Waals surface area contributed by atoms with E-state index in [2.05, 4.69) is 5.32 Å². The van der Waals surface area contributed by atoms with Gasteiger partial charge in [0.05, 0.1) is 5.56 Å². The quantitative estimate of drug-likeness (QED) is 0.843. The summed E-state index contributed by atoms with van der Waals surface area (Å²) in [4.78, 5) is 1.71. The summed E-state index contributed by atoms with van der Waals surface area (Å²) in [6.07, 6.45) is -4.34. The van der Waals surface area contributed by atoms with Crippen LogP contribution in [-0.2, 0) is 12.7 Å². The van der Waals surface area contributed by atoms with E-state index in [1.165, 1.54) is 6.07 Å². The maximum Gasteiger partial charge on any atom is 0.418 e. The van der Waals surface area contributed by atoms with Gasteiger partial charge in [-0.3, -0.25) is 0 Å². The molecule has 1 unspecified atom stereocenters. The van der Waals surface area contributed by atoms with Crippen molar-refractivity contribution in [3.05, 3.63) is 29.3 Å². The molecule has 1 aromatic carbocycles. The number of hydrogen-bond acceptors (Lipinski definition) is 2. The minimum atomic E-state index is -4.34. The van der Waals surface area contributed by atoms with E-state index in [1.807, 2.05) is 27.7 Å². The second kappa shape index (κ2) is 7.16. The number of anilines is 1. The molecular formula is C16H25F3N2. The van der Waals surface area contributed by atoms with Gasteiger partial charge in [-0.2, -0.15) is 13.2 Å². The molecule has 21 heavy (non-hydrogen) atoms. The Kier molecular flexibility index (Phi) is 6.08. The van der Waals surface area contributed by atoms with Crippen molar-refractivity contribution in [1.29, 1.82) is 0 Å². The zero-order chi connectivity index (χ0) is 16.2. The molecule has 0 amide bonds.